The van der Waals surface area contributed by atoms with Crippen LogP contribution in [0.5, 0.6) is 5.75 Å². The van der Waals surface area contributed by atoms with Gasteiger partial charge in [0.15, 0.2) is 0 Å². The third-order valence-corrected chi connectivity index (χ3v) is 2.58. The van der Waals surface area contributed by atoms with E-state index < -0.39 is 0 Å². The number of halogens is 1. The maximum atomic E-state index is 12.9. The van der Waals surface area contributed by atoms with Crippen molar-refractivity contribution < 1.29 is 14.2 Å². The van der Waals surface area contributed by atoms with Crippen molar-refractivity contribution in [2.45, 2.75) is 13.2 Å². The van der Waals surface area contributed by atoms with Gasteiger partial charge in [-0.05, 0) is 29.8 Å². The summed E-state index contributed by atoms with van der Waals surface area (Å²) in [7, 11) is 0. The smallest absolute Gasteiger partial charge is 0.125 e. The Kier molecular flexibility index (Phi) is 3.79. The number of aliphatic hydroxyl groups is 1. The van der Waals surface area contributed by atoms with Gasteiger partial charge in [-0.25, -0.2) is 4.39 Å². The Morgan fingerprint density at radius 3 is 2.72 bits per heavy atom. The lowest BCUT2D eigenvalue weighted by atomic mass is 10.2. The Labute approximate surface area is 105 Å². The number of anilines is 1. The SMILES string of the molecule is Nc1cc(F)ccc1COc1cccc(CO)c1. The molecule has 0 amide bonds. The minimum absolute atomic E-state index is 0.0319. The van der Waals surface area contributed by atoms with Crippen molar-refractivity contribution in [3.8, 4) is 5.75 Å². The highest BCUT2D eigenvalue weighted by molar-refractivity contribution is 5.46. The second-order valence-corrected chi connectivity index (χ2v) is 3.94. The van der Waals surface area contributed by atoms with Crippen LogP contribution in [0.4, 0.5) is 10.1 Å². The lowest BCUT2D eigenvalue weighted by Crippen LogP contribution is -2.01. The van der Waals surface area contributed by atoms with Gasteiger partial charge in [-0.2, -0.15) is 0 Å². The minimum Gasteiger partial charge on any atom is -0.489 e. The van der Waals surface area contributed by atoms with E-state index in [0.717, 1.165) is 11.1 Å². The highest BCUT2D eigenvalue weighted by Gasteiger charge is 2.02. The maximum Gasteiger partial charge on any atom is 0.125 e. The van der Waals surface area contributed by atoms with E-state index in [1.54, 1.807) is 30.3 Å². The molecule has 0 atom stereocenters. The molecule has 3 N–H and O–H groups in total. The Bertz CT molecular complexity index is 543. The summed E-state index contributed by atoms with van der Waals surface area (Å²) < 4.78 is 18.4. The fourth-order valence-electron chi connectivity index (χ4n) is 1.59. The molecule has 0 radical (unpaired) electrons. The zero-order valence-corrected chi connectivity index (χ0v) is 9.77. The molecule has 0 fully saturated rings. The molecule has 2 aromatic carbocycles. The molecule has 0 saturated carbocycles. The molecule has 94 valence electrons. The summed E-state index contributed by atoms with van der Waals surface area (Å²) in [5.41, 5.74) is 7.56. The van der Waals surface area contributed by atoms with E-state index in [4.69, 9.17) is 15.6 Å². The van der Waals surface area contributed by atoms with Crippen molar-refractivity contribution >= 4 is 5.69 Å². The molecule has 0 aliphatic carbocycles. The van der Waals surface area contributed by atoms with Gasteiger partial charge in [0.05, 0.1) is 6.61 Å². The van der Waals surface area contributed by atoms with Crippen molar-refractivity contribution in [1.82, 2.24) is 0 Å². The lowest BCUT2D eigenvalue weighted by Gasteiger charge is -2.09. The van der Waals surface area contributed by atoms with E-state index in [-0.39, 0.29) is 19.0 Å². The van der Waals surface area contributed by atoms with Gasteiger partial charge >= 0.3 is 0 Å². The van der Waals surface area contributed by atoms with E-state index in [2.05, 4.69) is 0 Å². The summed E-state index contributed by atoms with van der Waals surface area (Å²) in [5, 5.41) is 9.00. The number of aliphatic hydroxyl groups excluding tert-OH is 1. The van der Waals surface area contributed by atoms with Crippen LogP contribution < -0.4 is 10.5 Å². The number of ether oxygens (including phenoxy) is 1. The van der Waals surface area contributed by atoms with E-state index in [0.29, 0.717) is 11.4 Å². The molecular weight excluding hydrogens is 233 g/mol. The normalized spacial score (nSPS) is 10.3. The highest BCUT2D eigenvalue weighted by atomic mass is 19.1. The summed E-state index contributed by atoms with van der Waals surface area (Å²) in [6, 6.07) is 11.4. The first-order valence-electron chi connectivity index (χ1n) is 5.55. The molecule has 18 heavy (non-hydrogen) atoms. The second kappa shape index (κ2) is 5.51. The average molecular weight is 247 g/mol. The molecule has 0 saturated heterocycles. The minimum atomic E-state index is -0.362. The first-order valence-corrected chi connectivity index (χ1v) is 5.55. The van der Waals surface area contributed by atoms with Gasteiger partial charge in [0.1, 0.15) is 18.2 Å². The van der Waals surface area contributed by atoms with Gasteiger partial charge in [0, 0.05) is 11.3 Å². The van der Waals surface area contributed by atoms with Gasteiger partial charge in [0.25, 0.3) is 0 Å². The van der Waals surface area contributed by atoms with Crippen LogP contribution in [0.2, 0.25) is 0 Å². The zero-order chi connectivity index (χ0) is 13.0. The first kappa shape index (κ1) is 12.4. The molecule has 0 heterocycles. The molecule has 4 heteroatoms. The van der Waals surface area contributed by atoms with Crippen LogP contribution in [0.25, 0.3) is 0 Å². The molecular formula is C14H14FNO2. The highest BCUT2D eigenvalue weighted by Crippen LogP contribution is 2.18. The molecule has 3 nitrogen and oxygen atoms in total. The topological polar surface area (TPSA) is 55.5 Å². The Hall–Kier alpha value is -2.07. The summed E-state index contributed by atoms with van der Waals surface area (Å²) in [5.74, 6) is 0.281. The number of rotatable bonds is 4. The first-order chi connectivity index (χ1) is 8.69. The van der Waals surface area contributed by atoms with Gasteiger partial charge in [-0.1, -0.05) is 18.2 Å². The molecule has 2 rings (SSSR count). The predicted octanol–water partition coefficient (Wildman–Crippen LogP) is 2.48. The summed E-state index contributed by atoms with van der Waals surface area (Å²) in [6.45, 7) is 0.233. The largest absolute Gasteiger partial charge is 0.489 e. The van der Waals surface area contributed by atoms with Crippen LogP contribution in [-0.4, -0.2) is 5.11 Å². The van der Waals surface area contributed by atoms with Gasteiger partial charge in [-0.3, -0.25) is 0 Å². The van der Waals surface area contributed by atoms with Crippen molar-refractivity contribution in [3.63, 3.8) is 0 Å². The Morgan fingerprint density at radius 2 is 2.00 bits per heavy atom. The van der Waals surface area contributed by atoms with E-state index in [9.17, 15) is 4.39 Å². The number of benzene rings is 2. The molecule has 0 aromatic heterocycles. The van der Waals surface area contributed by atoms with Crippen molar-refractivity contribution in [1.29, 1.82) is 0 Å². The average Bonchev–Trinajstić information content (AvgIpc) is 2.38. The fraction of sp³-hybridized carbons (Fsp3) is 0.143. The molecule has 0 spiro atoms. The van der Waals surface area contributed by atoms with Crippen molar-refractivity contribution in [2.75, 3.05) is 5.73 Å². The van der Waals surface area contributed by atoms with E-state index in [1.807, 2.05) is 0 Å². The van der Waals surface area contributed by atoms with Crippen molar-refractivity contribution in [2.24, 2.45) is 0 Å². The number of hydrogen-bond acceptors (Lipinski definition) is 3. The third-order valence-electron chi connectivity index (χ3n) is 2.58. The monoisotopic (exact) mass is 247 g/mol. The lowest BCUT2D eigenvalue weighted by molar-refractivity contribution is 0.278. The van der Waals surface area contributed by atoms with Gasteiger partial charge in [0.2, 0.25) is 0 Å². The Morgan fingerprint density at radius 1 is 1.17 bits per heavy atom. The second-order valence-electron chi connectivity index (χ2n) is 3.94. The summed E-state index contributed by atoms with van der Waals surface area (Å²) in [4.78, 5) is 0. The summed E-state index contributed by atoms with van der Waals surface area (Å²) in [6.07, 6.45) is 0. The quantitative estimate of drug-likeness (QED) is 0.816. The molecule has 0 bridgehead atoms. The zero-order valence-electron chi connectivity index (χ0n) is 9.77. The van der Waals surface area contributed by atoms with Crippen LogP contribution >= 0.6 is 0 Å². The number of nitrogen functional groups attached to an aromatic ring is 1. The number of hydrogen-bond donors (Lipinski definition) is 2. The molecule has 2 aromatic rings. The molecule has 0 aliphatic rings. The van der Waals surface area contributed by atoms with E-state index >= 15 is 0 Å². The summed E-state index contributed by atoms with van der Waals surface area (Å²) >= 11 is 0. The van der Waals surface area contributed by atoms with Gasteiger partial charge < -0.3 is 15.6 Å². The van der Waals surface area contributed by atoms with Gasteiger partial charge in [-0.15, -0.1) is 0 Å². The maximum absolute atomic E-state index is 12.9. The molecule has 0 unspecified atom stereocenters. The van der Waals surface area contributed by atoms with E-state index in [1.165, 1.54) is 12.1 Å². The fourth-order valence-corrected chi connectivity index (χ4v) is 1.59. The number of nitrogens with two attached hydrogens (primary N) is 1. The van der Waals surface area contributed by atoms with Crippen LogP contribution in [0.15, 0.2) is 42.5 Å². The molecule has 0 aliphatic heterocycles. The van der Waals surface area contributed by atoms with Crippen molar-refractivity contribution in [3.05, 3.63) is 59.4 Å². The van der Waals surface area contributed by atoms with Crippen LogP contribution in [-0.2, 0) is 13.2 Å². The Balaban J connectivity index is 2.06. The van der Waals surface area contributed by atoms with Crippen LogP contribution in [0.1, 0.15) is 11.1 Å². The third kappa shape index (κ3) is 2.99. The van der Waals surface area contributed by atoms with Crippen LogP contribution in [0, 0.1) is 5.82 Å². The van der Waals surface area contributed by atoms with Crippen LogP contribution in [0.3, 0.4) is 0 Å². The predicted molar refractivity (Wildman–Crippen MR) is 67.5 cm³/mol. The standard InChI is InChI=1S/C14H14FNO2/c15-12-5-4-11(14(16)7-12)9-18-13-3-1-2-10(6-13)8-17/h1-7,17H,8-9,16H2.